The molecule has 2 aromatic rings. The van der Waals surface area contributed by atoms with Crippen molar-refractivity contribution in [2.75, 3.05) is 5.32 Å². The van der Waals surface area contributed by atoms with E-state index in [9.17, 15) is 8.78 Å². The van der Waals surface area contributed by atoms with E-state index in [4.69, 9.17) is 11.6 Å². The van der Waals surface area contributed by atoms with Crippen molar-refractivity contribution in [2.45, 2.75) is 19.9 Å². The maximum atomic E-state index is 13.8. The monoisotopic (exact) mass is 282 g/mol. The van der Waals surface area contributed by atoms with E-state index in [0.717, 1.165) is 0 Å². The SMILES string of the molecule is Cc1cc(F)c(C(C)Nc2ccnc(Cl)c2)cc1F. The highest BCUT2D eigenvalue weighted by molar-refractivity contribution is 6.29. The maximum absolute atomic E-state index is 13.8. The largest absolute Gasteiger partial charge is 0.378 e. The summed E-state index contributed by atoms with van der Waals surface area (Å²) in [5, 5.41) is 3.40. The van der Waals surface area contributed by atoms with E-state index in [1.165, 1.54) is 19.1 Å². The van der Waals surface area contributed by atoms with Gasteiger partial charge in [-0.15, -0.1) is 0 Å². The van der Waals surface area contributed by atoms with Crippen molar-refractivity contribution in [1.29, 1.82) is 0 Å². The molecule has 19 heavy (non-hydrogen) atoms. The Balaban J connectivity index is 2.25. The zero-order valence-corrected chi connectivity index (χ0v) is 11.3. The Labute approximate surface area is 115 Å². The van der Waals surface area contributed by atoms with Crippen molar-refractivity contribution in [2.24, 2.45) is 0 Å². The number of nitrogens with one attached hydrogen (secondary N) is 1. The summed E-state index contributed by atoms with van der Waals surface area (Å²) < 4.78 is 27.3. The van der Waals surface area contributed by atoms with Crippen LogP contribution in [0.5, 0.6) is 0 Å². The number of hydrogen-bond donors (Lipinski definition) is 1. The molecule has 2 nitrogen and oxygen atoms in total. The second-order valence-corrected chi connectivity index (χ2v) is 4.74. The number of benzene rings is 1. The van der Waals surface area contributed by atoms with Crippen molar-refractivity contribution in [3.63, 3.8) is 0 Å². The first-order valence-electron chi connectivity index (χ1n) is 5.81. The first-order valence-corrected chi connectivity index (χ1v) is 6.19. The molecule has 0 amide bonds. The first-order chi connectivity index (χ1) is 8.97. The van der Waals surface area contributed by atoms with E-state index in [0.29, 0.717) is 16.4 Å². The fraction of sp³-hybridized carbons (Fsp3) is 0.214. The van der Waals surface area contributed by atoms with Gasteiger partial charge in [0, 0.05) is 17.4 Å². The van der Waals surface area contributed by atoms with Gasteiger partial charge in [0.05, 0.1) is 6.04 Å². The van der Waals surface area contributed by atoms with Crippen LogP contribution in [0.4, 0.5) is 14.5 Å². The van der Waals surface area contributed by atoms with E-state index in [2.05, 4.69) is 10.3 Å². The van der Waals surface area contributed by atoms with Crippen LogP contribution in [0, 0.1) is 18.6 Å². The number of anilines is 1. The van der Waals surface area contributed by atoms with E-state index < -0.39 is 11.6 Å². The molecule has 0 aliphatic heterocycles. The number of aryl methyl sites for hydroxylation is 1. The van der Waals surface area contributed by atoms with Crippen LogP contribution in [-0.2, 0) is 0 Å². The summed E-state index contributed by atoms with van der Waals surface area (Å²) in [6, 6.07) is 5.37. The lowest BCUT2D eigenvalue weighted by Crippen LogP contribution is -2.09. The highest BCUT2D eigenvalue weighted by atomic mass is 35.5. The number of halogens is 3. The molecular formula is C14H13ClF2N2. The molecule has 1 heterocycles. The van der Waals surface area contributed by atoms with E-state index in [-0.39, 0.29) is 11.6 Å². The minimum Gasteiger partial charge on any atom is -0.378 e. The number of nitrogens with zero attached hydrogens (tertiary/aromatic N) is 1. The number of aromatic nitrogens is 1. The smallest absolute Gasteiger partial charge is 0.131 e. The summed E-state index contributed by atoms with van der Waals surface area (Å²) in [4.78, 5) is 3.85. The molecule has 1 aromatic carbocycles. The van der Waals surface area contributed by atoms with Crippen LogP contribution in [0.25, 0.3) is 0 Å². The summed E-state index contributed by atoms with van der Waals surface area (Å²) in [7, 11) is 0. The van der Waals surface area contributed by atoms with Gasteiger partial charge in [0.1, 0.15) is 16.8 Å². The lowest BCUT2D eigenvalue weighted by atomic mass is 10.0. The van der Waals surface area contributed by atoms with Gasteiger partial charge >= 0.3 is 0 Å². The number of pyridine rings is 1. The maximum Gasteiger partial charge on any atom is 0.131 e. The fourth-order valence-corrected chi connectivity index (χ4v) is 1.99. The van der Waals surface area contributed by atoms with Gasteiger partial charge in [-0.1, -0.05) is 11.6 Å². The predicted molar refractivity (Wildman–Crippen MR) is 72.4 cm³/mol. The minimum atomic E-state index is -0.431. The van der Waals surface area contributed by atoms with Crippen molar-refractivity contribution in [1.82, 2.24) is 4.98 Å². The molecule has 0 bridgehead atoms. The predicted octanol–water partition coefficient (Wildman–Crippen LogP) is 4.49. The second kappa shape index (κ2) is 5.53. The van der Waals surface area contributed by atoms with Gasteiger partial charge in [0.2, 0.25) is 0 Å². The standard InChI is InChI=1S/C14H13ClF2N2/c1-8-5-13(17)11(7-12(8)16)9(2)19-10-3-4-18-14(15)6-10/h3-7,9H,1-2H3,(H,18,19). The first kappa shape index (κ1) is 13.7. The average Bonchev–Trinajstić information content (AvgIpc) is 2.33. The van der Waals surface area contributed by atoms with Crippen LogP contribution in [0.3, 0.4) is 0 Å². The molecule has 0 aliphatic carbocycles. The number of rotatable bonds is 3. The Morgan fingerprint density at radius 1 is 1.21 bits per heavy atom. The molecule has 0 fully saturated rings. The van der Waals surface area contributed by atoms with Crippen LogP contribution < -0.4 is 5.32 Å². The Morgan fingerprint density at radius 3 is 2.63 bits per heavy atom. The molecule has 0 saturated heterocycles. The Morgan fingerprint density at radius 2 is 1.95 bits per heavy atom. The molecule has 0 saturated carbocycles. The third kappa shape index (κ3) is 3.20. The zero-order valence-electron chi connectivity index (χ0n) is 10.5. The third-order valence-electron chi connectivity index (χ3n) is 2.85. The molecule has 1 atom stereocenters. The zero-order chi connectivity index (χ0) is 14.0. The quantitative estimate of drug-likeness (QED) is 0.839. The Kier molecular flexibility index (Phi) is 4.00. The molecule has 1 aromatic heterocycles. The molecule has 0 radical (unpaired) electrons. The average molecular weight is 283 g/mol. The van der Waals surface area contributed by atoms with Gasteiger partial charge in [0.25, 0.3) is 0 Å². The van der Waals surface area contributed by atoms with Gasteiger partial charge in [-0.25, -0.2) is 13.8 Å². The van der Waals surface area contributed by atoms with Crippen LogP contribution in [-0.4, -0.2) is 4.98 Å². The lowest BCUT2D eigenvalue weighted by Gasteiger charge is -2.17. The van der Waals surface area contributed by atoms with Crippen LogP contribution in [0.2, 0.25) is 5.15 Å². The van der Waals surface area contributed by atoms with E-state index in [1.807, 2.05) is 0 Å². The normalized spacial score (nSPS) is 12.3. The van der Waals surface area contributed by atoms with Gasteiger partial charge < -0.3 is 5.32 Å². The highest BCUT2D eigenvalue weighted by Crippen LogP contribution is 2.24. The Bertz CT molecular complexity index is 602. The highest BCUT2D eigenvalue weighted by Gasteiger charge is 2.14. The molecule has 100 valence electrons. The van der Waals surface area contributed by atoms with Crippen LogP contribution in [0.15, 0.2) is 30.5 Å². The summed E-state index contributed by atoms with van der Waals surface area (Å²) in [6.07, 6.45) is 1.55. The van der Waals surface area contributed by atoms with E-state index in [1.54, 1.807) is 25.3 Å². The molecule has 5 heteroatoms. The topological polar surface area (TPSA) is 24.9 Å². The molecule has 0 spiro atoms. The van der Waals surface area contributed by atoms with E-state index >= 15 is 0 Å². The van der Waals surface area contributed by atoms with Crippen LogP contribution >= 0.6 is 11.6 Å². The molecule has 2 rings (SSSR count). The molecule has 1 N–H and O–H groups in total. The van der Waals surface area contributed by atoms with Crippen LogP contribution in [0.1, 0.15) is 24.1 Å². The summed E-state index contributed by atoms with van der Waals surface area (Å²) in [5.74, 6) is -0.850. The van der Waals surface area contributed by atoms with Gasteiger partial charge in [-0.3, -0.25) is 0 Å². The molecular weight excluding hydrogens is 270 g/mol. The van der Waals surface area contributed by atoms with Gasteiger partial charge in [0.15, 0.2) is 0 Å². The fourth-order valence-electron chi connectivity index (χ4n) is 1.81. The molecule has 0 aliphatic rings. The van der Waals surface area contributed by atoms with Gasteiger partial charge in [-0.05, 0) is 43.7 Å². The van der Waals surface area contributed by atoms with Crippen molar-refractivity contribution >= 4 is 17.3 Å². The number of hydrogen-bond acceptors (Lipinski definition) is 2. The van der Waals surface area contributed by atoms with Crippen molar-refractivity contribution < 1.29 is 8.78 Å². The summed E-state index contributed by atoms with van der Waals surface area (Å²) in [6.45, 7) is 3.28. The minimum absolute atomic E-state index is 0.274. The second-order valence-electron chi connectivity index (χ2n) is 4.36. The molecule has 1 unspecified atom stereocenters. The van der Waals surface area contributed by atoms with Gasteiger partial charge in [-0.2, -0.15) is 0 Å². The van der Waals surface area contributed by atoms with Crippen molar-refractivity contribution in [3.8, 4) is 0 Å². The Hall–Kier alpha value is -1.68. The van der Waals surface area contributed by atoms with Crippen molar-refractivity contribution in [3.05, 3.63) is 58.4 Å². The summed E-state index contributed by atoms with van der Waals surface area (Å²) in [5.41, 5.74) is 1.27. The third-order valence-corrected chi connectivity index (χ3v) is 3.06. The summed E-state index contributed by atoms with van der Waals surface area (Å²) >= 11 is 5.77. The lowest BCUT2D eigenvalue weighted by molar-refractivity contribution is 0.571.